The van der Waals surface area contributed by atoms with E-state index in [4.69, 9.17) is 21.1 Å². The number of carbonyl (C=O) groups excluding carboxylic acids is 4. The first-order valence-electron chi connectivity index (χ1n) is 15.2. The van der Waals surface area contributed by atoms with Crippen LogP contribution in [0.5, 0.6) is 0 Å². The van der Waals surface area contributed by atoms with Crippen molar-refractivity contribution in [2.24, 2.45) is 11.8 Å². The van der Waals surface area contributed by atoms with Gasteiger partial charge in [-0.2, -0.15) is 0 Å². The summed E-state index contributed by atoms with van der Waals surface area (Å²) in [5.74, 6) is -3.98. The fraction of sp³-hybridized carbons (Fsp3) is 0.412. The fourth-order valence-electron chi connectivity index (χ4n) is 7.07. The quantitative estimate of drug-likeness (QED) is 0.391. The van der Waals surface area contributed by atoms with Gasteiger partial charge in [0.1, 0.15) is 23.7 Å². The molecule has 2 N–H and O–H groups in total. The van der Waals surface area contributed by atoms with Crippen molar-refractivity contribution in [1.29, 1.82) is 0 Å². The summed E-state index contributed by atoms with van der Waals surface area (Å²) >= 11 is 6.61. The van der Waals surface area contributed by atoms with Gasteiger partial charge in [0.05, 0.1) is 41.9 Å². The van der Waals surface area contributed by atoms with Crippen LogP contribution in [0, 0.1) is 18.8 Å². The number of aliphatic hydroxyl groups is 1. The van der Waals surface area contributed by atoms with Gasteiger partial charge in [-0.05, 0) is 37.5 Å². The Hall–Kier alpha value is -3.99. The molecule has 2 aromatic rings. The van der Waals surface area contributed by atoms with E-state index in [0.29, 0.717) is 22.7 Å². The summed E-state index contributed by atoms with van der Waals surface area (Å²) in [5, 5.41) is 13.5. The Bertz CT molecular complexity index is 1540. The number of para-hydroxylation sites is 1. The van der Waals surface area contributed by atoms with Crippen LogP contribution in [0.3, 0.4) is 0 Å². The summed E-state index contributed by atoms with van der Waals surface area (Å²) in [6.07, 6.45) is 5.82. The lowest BCUT2D eigenvalue weighted by Gasteiger charge is -2.38. The number of halogens is 1. The molecular weight excluding hydrogens is 598 g/mol. The second-order valence-corrected chi connectivity index (χ2v) is 12.4. The summed E-state index contributed by atoms with van der Waals surface area (Å²) in [6, 6.07) is 12.5. The lowest BCUT2D eigenvalue weighted by Crippen LogP contribution is -2.57. The molecule has 236 valence electrons. The number of ether oxygens (including phenoxy) is 2. The average Bonchev–Trinajstić information content (AvgIpc) is 3.42. The number of rotatable bonds is 4. The van der Waals surface area contributed by atoms with Crippen LogP contribution in [-0.4, -0.2) is 77.2 Å². The van der Waals surface area contributed by atoms with Crippen molar-refractivity contribution in [1.82, 2.24) is 10.2 Å². The molecule has 6 rings (SSSR count). The molecule has 2 aromatic carbocycles. The Morgan fingerprint density at radius 2 is 1.84 bits per heavy atom. The normalized spacial score (nSPS) is 31.5. The van der Waals surface area contributed by atoms with Crippen LogP contribution in [0.2, 0.25) is 5.02 Å². The lowest BCUT2D eigenvalue weighted by molar-refractivity contribution is -0.160. The highest BCUT2D eigenvalue weighted by molar-refractivity contribution is 6.34. The minimum atomic E-state index is -1.53. The van der Waals surface area contributed by atoms with Gasteiger partial charge in [0.15, 0.2) is 0 Å². The number of likely N-dealkylation sites (tertiary alicyclic amines) is 1. The second-order valence-electron chi connectivity index (χ2n) is 12.0. The summed E-state index contributed by atoms with van der Waals surface area (Å²) in [5.41, 5.74) is 0.449. The number of fused-ring (bicyclic) bond motifs is 2. The first kappa shape index (κ1) is 31.0. The highest BCUT2D eigenvalue weighted by Crippen LogP contribution is 2.54. The third kappa shape index (κ3) is 5.34. The van der Waals surface area contributed by atoms with E-state index in [1.165, 1.54) is 9.80 Å². The summed E-state index contributed by atoms with van der Waals surface area (Å²) < 4.78 is 12.8. The van der Waals surface area contributed by atoms with Crippen LogP contribution >= 0.6 is 11.6 Å². The summed E-state index contributed by atoms with van der Waals surface area (Å²) in [6.45, 7) is 3.32. The SMILES string of the molecule is Cc1cccc(Cl)c1N1CC=C[C@]23O[C@@H]4/C=C\CCC(=O)NC[C@@H](c5ccccc5)OC(=O)[C@@H]4[C@H]2C(=O)N([C@H](C)CO)[C@@H]3C1=O. The summed E-state index contributed by atoms with van der Waals surface area (Å²) in [4.78, 5) is 58.7. The molecule has 3 amide bonds. The molecule has 4 aliphatic heterocycles. The fourth-order valence-corrected chi connectivity index (χ4v) is 7.40. The molecule has 11 heteroatoms. The van der Waals surface area contributed by atoms with E-state index < -0.39 is 66.1 Å². The number of aliphatic hydroxyl groups excluding tert-OH is 1. The molecule has 2 fully saturated rings. The van der Waals surface area contributed by atoms with E-state index in [0.717, 1.165) is 5.56 Å². The minimum absolute atomic E-state index is 0.0567. The average molecular weight is 634 g/mol. The molecule has 0 radical (unpaired) electrons. The van der Waals surface area contributed by atoms with Crippen molar-refractivity contribution < 1.29 is 33.8 Å². The number of amides is 3. The molecule has 4 aliphatic rings. The molecule has 0 bridgehead atoms. The Morgan fingerprint density at radius 1 is 1.07 bits per heavy atom. The van der Waals surface area contributed by atoms with Gasteiger partial charge in [-0.1, -0.05) is 78.4 Å². The number of esters is 1. The van der Waals surface area contributed by atoms with Gasteiger partial charge >= 0.3 is 5.97 Å². The molecule has 4 heterocycles. The van der Waals surface area contributed by atoms with Gasteiger partial charge < -0.3 is 29.7 Å². The number of anilines is 1. The third-order valence-electron chi connectivity index (χ3n) is 9.18. The van der Waals surface area contributed by atoms with Crippen LogP contribution in [0.25, 0.3) is 0 Å². The standard InChI is InChI=1S/C34H36ClN3O7/c1-20-10-8-13-23(35)29(20)37-17-9-16-34-28(31(41)38(21(2)19-39)30(34)32(37)42)27-24(45-34)14-6-7-15-26(40)36-18-25(44-33(27)43)22-11-4-3-5-12-22/h3-6,8-14,16,21,24-25,27-28,30,39H,7,15,17-19H2,1-2H3,(H,36,40)/b14-6-/t21-,24-,25+,27+,28+,30-,34+/m1/s1. The Balaban J connectivity index is 1.45. The smallest absolute Gasteiger partial charge is 0.313 e. The van der Waals surface area contributed by atoms with Crippen LogP contribution in [-0.2, 0) is 28.7 Å². The van der Waals surface area contributed by atoms with Gasteiger partial charge in [0.25, 0.3) is 5.91 Å². The Morgan fingerprint density at radius 3 is 2.58 bits per heavy atom. The Kier molecular flexibility index (Phi) is 8.56. The number of hydrogen-bond donors (Lipinski definition) is 2. The van der Waals surface area contributed by atoms with E-state index in [1.807, 2.05) is 31.2 Å². The molecule has 0 aliphatic carbocycles. The van der Waals surface area contributed by atoms with Gasteiger partial charge in [0, 0.05) is 13.0 Å². The highest BCUT2D eigenvalue weighted by atomic mass is 35.5. The topological polar surface area (TPSA) is 125 Å². The number of cyclic esters (lactones) is 1. The zero-order valence-electron chi connectivity index (χ0n) is 25.1. The van der Waals surface area contributed by atoms with Crippen molar-refractivity contribution in [3.63, 3.8) is 0 Å². The van der Waals surface area contributed by atoms with Gasteiger partial charge in [0.2, 0.25) is 11.8 Å². The van der Waals surface area contributed by atoms with Gasteiger partial charge in [-0.25, -0.2) is 0 Å². The van der Waals surface area contributed by atoms with E-state index in [9.17, 15) is 24.3 Å². The number of aryl methyl sites for hydroxylation is 1. The second kappa shape index (κ2) is 12.4. The van der Waals surface area contributed by atoms with E-state index in [-0.39, 0.29) is 25.4 Å². The number of benzene rings is 2. The minimum Gasteiger partial charge on any atom is -0.455 e. The van der Waals surface area contributed by atoms with E-state index in [2.05, 4.69) is 5.32 Å². The van der Waals surface area contributed by atoms with Crippen LogP contribution in [0.15, 0.2) is 72.8 Å². The highest BCUT2D eigenvalue weighted by Gasteiger charge is 2.72. The molecular formula is C34H36ClN3O7. The third-order valence-corrected chi connectivity index (χ3v) is 9.48. The first-order chi connectivity index (χ1) is 21.7. The summed E-state index contributed by atoms with van der Waals surface area (Å²) in [7, 11) is 0. The van der Waals surface area contributed by atoms with Crippen molar-refractivity contribution >= 4 is 41.0 Å². The first-order valence-corrected chi connectivity index (χ1v) is 15.6. The van der Waals surface area contributed by atoms with Crippen LogP contribution in [0.4, 0.5) is 5.69 Å². The van der Waals surface area contributed by atoms with Gasteiger partial charge in [-0.15, -0.1) is 0 Å². The van der Waals surface area contributed by atoms with E-state index >= 15 is 0 Å². The molecule has 2 saturated heterocycles. The maximum Gasteiger partial charge on any atom is 0.313 e. The number of nitrogens with zero attached hydrogens (tertiary/aromatic N) is 2. The number of nitrogens with one attached hydrogen (secondary N) is 1. The van der Waals surface area contributed by atoms with Crippen LogP contribution in [0.1, 0.15) is 37.0 Å². The zero-order valence-corrected chi connectivity index (χ0v) is 25.9. The molecule has 0 unspecified atom stereocenters. The maximum atomic E-state index is 14.6. The predicted octanol–water partition coefficient (Wildman–Crippen LogP) is 3.26. The maximum absolute atomic E-state index is 14.6. The number of allylic oxidation sites excluding steroid dienone is 1. The van der Waals surface area contributed by atoms with Crippen LogP contribution < -0.4 is 10.2 Å². The molecule has 0 saturated carbocycles. The molecule has 0 aromatic heterocycles. The zero-order chi connectivity index (χ0) is 31.9. The monoisotopic (exact) mass is 633 g/mol. The molecule has 1 spiro atoms. The number of hydrogen-bond acceptors (Lipinski definition) is 7. The van der Waals surface area contributed by atoms with Crippen molar-refractivity contribution in [2.45, 2.75) is 56.6 Å². The van der Waals surface area contributed by atoms with Crippen molar-refractivity contribution in [3.8, 4) is 0 Å². The van der Waals surface area contributed by atoms with Crippen molar-refractivity contribution in [2.75, 3.05) is 24.6 Å². The molecule has 10 nitrogen and oxygen atoms in total. The van der Waals surface area contributed by atoms with Gasteiger partial charge in [-0.3, -0.25) is 19.2 Å². The van der Waals surface area contributed by atoms with E-state index in [1.54, 1.807) is 55.5 Å². The Labute approximate surface area is 266 Å². The largest absolute Gasteiger partial charge is 0.455 e. The van der Waals surface area contributed by atoms with Crippen molar-refractivity contribution in [3.05, 3.63) is 89.0 Å². The number of carbonyl (C=O) groups is 4. The predicted molar refractivity (Wildman–Crippen MR) is 166 cm³/mol. The lowest BCUT2D eigenvalue weighted by atomic mass is 9.77. The molecule has 7 atom stereocenters. The molecule has 45 heavy (non-hydrogen) atoms.